The van der Waals surface area contributed by atoms with Crippen molar-refractivity contribution < 1.29 is 23.5 Å². The van der Waals surface area contributed by atoms with Crippen molar-refractivity contribution in [2.45, 2.75) is 6.92 Å². The molecule has 8 nitrogen and oxygen atoms in total. The van der Waals surface area contributed by atoms with E-state index in [0.717, 1.165) is 10.0 Å². The van der Waals surface area contributed by atoms with E-state index in [2.05, 4.69) is 31.8 Å². The Kier molecular flexibility index (Phi) is 7.72. The van der Waals surface area contributed by atoms with Crippen molar-refractivity contribution in [1.82, 2.24) is 5.43 Å². The molecule has 0 saturated heterocycles. The Hall–Kier alpha value is -4.50. The van der Waals surface area contributed by atoms with Crippen LogP contribution in [0.2, 0.25) is 0 Å². The predicted molar refractivity (Wildman–Crippen MR) is 138 cm³/mol. The third-order valence-corrected chi connectivity index (χ3v) is 5.47. The van der Waals surface area contributed by atoms with Crippen LogP contribution in [0.4, 0.5) is 5.69 Å². The van der Waals surface area contributed by atoms with Gasteiger partial charge >= 0.3 is 5.97 Å². The van der Waals surface area contributed by atoms with Gasteiger partial charge in [-0.25, -0.2) is 10.2 Å². The van der Waals surface area contributed by atoms with Crippen LogP contribution in [0, 0.1) is 6.92 Å². The minimum atomic E-state index is -0.504. The fraction of sp³-hybridized carbons (Fsp3) is 0.0370. The lowest BCUT2D eigenvalue weighted by Crippen LogP contribution is -2.18. The summed E-state index contributed by atoms with van der Waals surface area (Å²) in [7, 11) is 0. The third-order valence-electron chi connectivity index (χ3n) is 4.98. The van der Waals surface area contributed by atoms with Crippen LogP contribution in [0.3, 0.4) is 0 Å². The van der Waals surface area contributed by atoms with Gasteiger partial charge in [-0.1, -0.05) is 33.6 Å². The van der Waals surface area contributed by atoms with Gasteiger partial charge in [0.2, 0.25) is 0 Å². The first-order chi connectivity index (χ1) is 17.4. The van der Waals surface area contributed by atoms with Crippen molar-refractivity contribution in [2.24, 2.45) is 5.10 Å². The molecule has 0 aliphatic carbocycles. The third kappa shape index (κ3) is 6.34. The van der Waals surface area contributed by atoms with E-state index in [1.165, 1.54) is 12.5 Å². The topological polar surface area (TPSA) is 110 Å². The Balaban J connectivity index is 1.39. The number of esters is 1. The molecule has 1 aromatic heterocycles. The Bertz CT molecular complexity index is 1410. The number of hydrogen-bond acceptors (Lipinski definition) is 6. The van der Waals surface area contributed by atoms with E-state index in [-0.39, 0.29) is 5.76 Å². The molecule has 0 fully saturated rings. The van der Waals surface area contributed by atoms with Crippen molar-refractivity contribution in [3.8, 4) is 5.75 Å². The van der Waals surface area contributed by atoms with Crippen molar-refractivity contribution in [3.05, 3.63) is 118 Å². The fourth-order valence-corrected chi connectivity index (χ4v) is 3.47. The number of hydrazone groups is 1. The van der Waals surface area contributed by atoms with Crippen molar-refractivity contribution in [3.63, 3.8) is 0 Å². The lowest BCUT2D eigenvalue weighted by atomic mass is 10.1. The molecule has 0 radical (unpaired) electrons. The van der Waals surface area contributed by atoms with Crippen molar-refractivity contribution >= 4 is 45.6 Å². The summed E-state index contributed by atoms with van der Waals surface area (Å²) in [5.74, 6) is -0.880. The van der Waals surface area contributed by atoms with Gasteiger partial charge in [-0.2, -0.15) is 5.10 Å². The number of furan rings is 1. The van der Waals surface area contributed by atoms with Gasteiger partial charge in [0, 0.05) is 21.3 Å². The molecule has 1 heterocycles. The second kappa shape index (κ2) is 11.3. The van der Waals surface area contributed by atoms with Gasteiger partial charge < -0.3 is 14.5 Å². The predicted octanol–water partition coefficient (Wildman–Crippen LogP) is 5.59. The molecule has 0 aliphatic heterocycles. The van der Waals surface area contributed by atoms with Gasteiger partial charge in [-0.05, 0) is 73.7 Å². The van der Waals surface area contributed by atoms with E-state index in [9.17, 15) is 14.4 Å². The molecule has 3 aromatic carbocycles. The Morgan fingerprint density at radius 3 is 2.33 bits per heavy atom. The number of nitrogens with zero attached hydrogens (tertiary/aromatic N) is 1. The number of carbonyl (C=O) groups excluding carboxylic acids is 3. The van der Waals surface area contributed by atoms with Gasteiger partial charge in [-0.15, -0.1) is 0 Å². The molecule has 0 saturated carbocycles. The summed E-state index contributed by atoms with van der Waals surface area (Å²) in [6.07, 6.45) is 2.80. The van der Waals surface area contributed by atoms with Crippen LogP contribution in [0.15, 0.2) is 99.1 Å². The number of carbonyl (C=O) groups is 3. The van der Waals surface area contributed by atoms with Gasteiger partial charge in [0.05, 0.1) is 18.0 Å². The second-order valence-corrected chi connectivity index (χ2v) is 8.56. The molecule has 180 valence electrons. The molecule has 2 N–H and O–H groups in total. The SMILES string of the molecule is Cc1ccc(C(=O)Oc2ccc(Br)cc2/C=N\NC(=O)c2ccc(NC(=O)c3ccco3)cc2)cc1. The van der Waals surface area contributed by atoms with E-state index in [1.54, 1.807) is 66.7 Å². The minimum absolute atomic E-state index is 0.183. The quantitative estimate of drug-likeness (QED) is 0.136. The van der Waals surface area contributed by atoms with Crippen LogP contribution in [-0.2, 0) is 0 Å². The van der Waals surface area contributed by atoms with Crippen LogP contribution in [0.5, 0.6) is 5.75 Å². The van der Waals surface area contributed by atoms with E-state index >= 15 is 0 Å². The smallest absolute Gasteiger partial charge is 0.343 e. The Morgan fingerprint density at radius 1 is 0.917 bits per heavy atom. The van der Waals surface area contributed by atoms with E-state index in [0.29, 0.717) is 28.1 Å². The summed E-state index contributed by atoms with van der Waals surface area (Å²) in [4.78, 5) is 37.0. The zero-order chi connectivity index (χ0) is 25.5. The summed E-state index contributed by atoms with van der Waals surface area (Å²) in [6, 6.07) is 21.6. The van der Waals surface area contributed by atoms with Crippen LogP contribution in [-0.4, -0.2) is 24.0 Å². The molecule has 36 heavy (non-hydrogen) atoms. The molecular weight excluding hydrogens is 526 g/mol. The molecule has 0 spiro atoms. The number of nitrogens with one attached hydrogen (secondary N) is 2. The molecule has 4 aromatic rings. The normalized spacial score (nSPS) is 10.7. The van der Waals surface area contributed by atoms with Gasteiger partial charge in [0.25, 0.3) is 11.8 Å². The summed E-state index contributed by atoms with van der Waals surface area (Å²) in [5.41, 5.74) is 5.22. The summed E-state index contributed by atoms with van der Waals surface area (Å²) >= 11 is 3.38. The molecule has 2 amide bonds. The first-order valence-electron chi connectivity index (χ1n) is 10.8. The van der Waals surface area contributed by atoms with Gasteiger partial charge in [-0.3, -0.25) is 9.59 Å². The number of amides is 2. The first-order valence-corrected chi connectivity index (χ1v) is 11.5. The zero-order valence-electron chi connectivity index (χ0n) is 19.0. The van der Waals surface area contributed by atoms with Crippen molar-refractivity contribution in [1.29, 1.82) is 0 Å². The number of ether oxygens (including phenoxy) is 1. The number of hydrogen-bond donors (Lipinski definition) is 2. The van der Waals surface area contributed by atoms with E-state index < -0.39 is 17.8 Å². The van der Waals surface area contributed by atoms with Crippen LogP contribution >= 0.6 is 15.9 Å². The van der Waals surface area contributed by atoms with E-state index in [4.69, 9.17) is 9.15 Å². The zero-order valence-corrected chi connectivity index (χ0v) is 20.6. The van der Waals surface area contributed by atoms with Crippen molar-refractivity contribution in [2.75, 3.05) is 5.32 Å². The average Bonchev–Trinajstić information content (AvgIpc) is 3.42. The summed E-state index contributed by atoms with van der Waals surface area (Å²) in [5, 5.41) is 6.67. The number of halogens is 1. The lowest BCUT2D eigenvalue weighted by molar-refractivity contribution is 0.0733. The molecular formula is C27H20BrN3O5. The molecule has 0 unspecified atom stereocenters. The highest BCUT2D eigenvalue weighted by atomic mass is 79.9. The maximum Gasteiger partial charge on any atom is 0.343 e. The molecule has 0 aliphatic rings. The largest absolute Gasteiger partial charge is 0.459 e. The van der Waals surface area contributed by atoms with Gasteiger partial charge in [0.1, 0.15) is 5.75 Å². The standard InChI is InChI=1S/C27H20BrN3O5/c1-17-4-6-19(7-5-17)27(34)36-23-13-10-21(28)15-20(23)16-29-31-25(32)18-8-11-22(12-9-18)30-26(33)24-3-2-14-35-24/h2-16H,1H3,(H,30,33)(H,31,32)/b29-16-. The highest BCUT2D eigenvalue weighted by Gasteiger charge is 2.12. The fourth-order valence-electron chi connectivity index (χ4n) is 3.09. The van der Waals surface area contributed by atoms with Gasteiger partial charge in [0.15, 0.2) is 5.76 Å². The number of aryl methyl sites for hydroxylation is 1. The molecule has 9 heteroatoms. The number of anilines is 1. The maximum absolute atomic E-state index is 12.5. The molecule has 4 rings (SSSR count). The summed E-state index contributed by atoms with van der Waals surface area (Å²) < 4.78 is 11.3. The first kappa shape index (κ1) is 24.6. The molecule has 0 bridgehead atoms. The monoisotopic (exact) mass is 545 g/mol. The molecule has 0 atom stereocenters. The highest BCUT2D eigenvalue weighted by molar-refractivity contribution is 9.10. The Labute approximate surface area is 215 Å². The van der Waals surface area contributed by atoms with E-state index in [1.807, 2.05) is 19.1 Å². The van der Waals surface area contributed by atoms with Crippen LogP contribution < -0.4 is 15.5 Å². The highest BCUT2D eigenvalue weighted by Crippen LogP contribution is 2.23. The summed E-state index contributed by atoms with van der Waals surface area (Å²) in [6.45, 7) is 1.93. The Morgan fingerprint density at radius 2 is 1.64 bits per heavy atom. The average molecular weight is 546 g/mol. The van der Waals surface area contributed by atoms with Crippen LogP contribution in [0.25, 0.3) is 0 Å². The minimum Gasteiger partial charge on any atom is -0.459 e. The van der Waals surface area contributed by atoms with Crippen LogP contribution in [0.1, 0.15) is 42.4 Å². The number of benzene rings is 3. The number of rotatable bonds is 7. The maximum atomic E-state index is 12.5. The lowest BCUT2D eigenvalue weighted by Gasteiger charge is -2.08. The second-order valence-electron chi connectivity index (χ2n) is 7.65.